The summed E-state index contributed by atoms with van der Waals surface area (Å²) in [5, 5.41) is 32.8. The average molecular weight is 847 g/mol. The van der Waals surface area contributed by atoms with Crippen LogP contribution in [-0.2, 0) is 47.9 Å². The molecule has 9 amide bonds. The van der Waals surface area contributed by atoms with Crippen molar-refractivity contribution in [1.29, 1.82) is 0 Å². The third-order valence-electron chi connectivity index (χ3n) is 8.20. The van der Waals surface area contributed by atoms with Gasteiger partial charge in [-0.15, -0.1) is 0 Å². The molecule has 7 atom stereocenters. The maximum atomic E-state index is 14.2. The molecule has 0 aromatic heterocycles. The Morgan fingerprint density at radius 2 is 1.42 bits per heavy atom. The van der Waals surface area contributed by atoms with Crippen LogP contribution in [0.15, 0.2) is 18.2 Å². The number of fused-ring (bicyclic) bond motifs is 1. The van der Waals surface area contributed by atoms with Crippen molar-refractivity contribution in [2.75, 3.05) is 31.1 Å². The summed E-state index contributed by atoms with van der Waals surface area (Å²) in [6.07, 6.45) is -3.38. The van der Waals surface area contributed by atoms with E-state index in [4.69, 9.17) is 17.2 Å². The van der Waals surface area contributed by atoms with Crippen molar-refractivity contribution in [1.82, 2.24) is 36.8 Å². The molecule has 2 heterocycles. The Balaban J connectivity index is 1.95. The van der Waals surface area contributed by atoms with Crippen LogP contribution in [0, 0.1) is 11.6 Å². The van der Waals surface area contributed by atoms with E-state index in [1.807, 2.05) is 0 Å². The van der Waals surface area contributed by atoms with Crippen molar-refractivity contribution < 1.29 is 66.9 Å². The van der Waals surface area contributed by atoms with Crippen LogP contribution in [0.5, 0.6) is 0 Å². The van der Waals surface area contributed by atoms with Crippen molar-refractivity contribution in [3.63, 3.8) is 0 Å². The van der Waals surface area contributed by atoms with E-state index in [1.54, 1.807) is 0 Å². The molecule has 14 N–H and O–H groups in total. The van der Waals surface area contributed by atoms with Crippen LogP contribution in [0.2, 0.25) is 0 Å². The second-order valence-electron chi connectivity index (χ2n) is 12.6. The smallest absolute Gasteiger partial charge is 0.305 e. The summed E-state index contributed by atoms with van der Waals surface area (Å²) in [6, 6.07) is -7.45. The number of carboxylic acid groups (broad SMARTS) is 1. The Morgan fingerprint density at radius 1 is 0.789 bits per heavy atom. The van der Waals surface area contributed by atoms with Gasteiger partial charge in [-0.25, -0.2) is 8.78 Å². The fourth-order valence-electron chi connectivity index (χ4n) is 5.32. The van der Waals surface area contributed by atoms with E-state index in [1.165, 1.54) is 0 Å². The molecule has 0 spiro atoms. The van der Waals surface area contributed by atoms with Gasteiger partial charge >= 0.3 is 5.97 Å². The number of nitrogens with zero attached hydrogens (tertiary/aromatic N) is 1. The number of carbonyl (C=O) groups is 10. The van der Waals surface area contributed by atoms with Crippen molar-refractivity contribution in [3.8, 4) is 0 Å². The van der Waals surface area contributed by atoms with Crippen LogP contribution in [0.4, 0.5) is 8.78 Å². The lowest BCUT2D eigenvalue weighted by Gasteiger charge is -2.27. The highest BCUT2D eigenvalue weighted by Crippen LogP contribution is 2.23. The largest absolute Gasteiger partial charge is 0.481 e. The SMILES string of the molecule is NC(=O)C[C@@H]1NC(=O)[C@@H]2C[C@@H](O)CN2C(=O)CNC(=O)[C@H](c2ccc(F)c(F)c2)NC(=O)CNC(=O)[C@@H](CC(=O)O)NC(=O)[C@H](N)CSSC[C@H](C(N)=O)NC1=O. The van der Waals surface area contributed by atoms with Crippen LogP contribution in [-0.4, -0.2) is 142 Å². The molecule has 1 aromatic carbocycles. The molecule has 1 aromatic rings. The van der Waals surface area contributed by atoms with E-state index < -0.39 is 146 Å². The molecule has 2 aliphatic rings. The Kier molecular flexibility index (Phi) is 16.9. The van der Waals surface area contributed by atoms with Gasteiger partial charge < -0.3 is 64.2 Å². The minimum absolute atomic E-state index is 0.198. The molecular formula is C31H40F2N10O12S2. The maximum Gasteiger partial charge on any atom is 0.305 e. The third-order valence-corrected chi connectivity index (χ3v) is 10.6. The fourth-order valence-corrected chi connectivity index (χ4v) is 7.62. The summed E-state index contributed by atoms with van der Waals surface area (Å²) in [4.78, 5) is 128. The van der Waals surface area contributed by atoms with Gasteiger partial charge in [-0.1, -0.05) is 27.7 Å². The number of nitrogens with two attached hydrogens (primary N) is 3. The molecule has 2 aliphatic heterocycles. The summed E-state index contributed by atoms with van der Waals surface area (Å²) in [5.41, 5.74) is 16.3. The Bertz CT molecular complexity index is 1780. The predicted molar refractivity (Wildman–Crippen MR) is 193 cm³/mol. The fraction of sp³-hybridized carbons (Fsp3) is 0.484. The molecule has 0 unspecified atom stereocenters. The number of primary amides is 2. The molecule has 22 nitrogen and oxygen atoms in total. The zero-order valence-electron chi connectivity index (χ0n) is 29.7. The first-order valence-electron chi connectivity index (χ1n) is 16.7. The van der Waals surface area contributed by atoms with Gasteiger partial charge in [0.2, 0.25) is 53.2 Å². The molecule has 312 valence electrons. The quantitative estimate of drug-likeness (QED) is 0.119. The summed E-state index contributed by atoms with van der Waals surface area (Å²) in [6.45, 7) is -2.28. The lowest BCUT2D eigenvalue weighted by molar-refractivity contribution is -0.141. The normalized spacial score (nSPS) is 26.8. The molecule has 0 aliphatic carbocycles. The van der Waals surface area contributed by atoms with Crippen LogP contribution >= 0.6 is 21.6 Å². The highest BCUT2D eigenvalue weighted by Gasteiger charge is 2.41. The predicted octanol–water partition coefficient (Wildman–Crippen LogP) is -5.67. The Labute approximate surface area is 329 Å². The number of nitrogens with one attached hydrogen (secondary N) is 6. The number of aliphatic hydroxyl groups excluding tert-OH is 1. The van der Waals surface area contributed by atoms with Gasteiger partial charge in [-0.3, -0.25) is 47.9 Å². The number of benzene rings is 1. The molecule has 26 heteroatoms. The minimum Gasteiger partial charge on any atom is -0.481 e. The van der Waals surface area contributed by atoms with Gasteiger partial charge in [0.1, 0.15) is 30.2 Å². The number of hydrogen-bond donors (Lipinski definition) is 11. The van der Waals surface area contributed by atoms with Crippen molar-refractivity contribution in [3.05, 3.63) is 35.4 Å². The zero-order valence-corrected chi connectivity index (χ0v) is 31.3. The first-order chi connectivity index (χ1) is 26.8. The molecule has 0 radical (unpaired) electrons. The molecule has 3 rings (SSSR count). The second kappa shape index (κ2) is 21.1. The molecule has 2 saturated heterocycles. The third kappa shape index (κ3) is 13.8. The van der Waals surface area contributed by atoms with E-state index in [2.05, 4.69) is 31.9 Å². The van der Waals surface area contributed by atoms with E-state index >= 15 is 0 Å². The average Bonchev–Trinajstić information content (AvgIpc) is 3.54. The number of aliphatic hydroxyl groups is 1. The number of rotatable bonds is 6. The molecular weight excluding hydrogens is 807 g/mol. The number of halogens is 2. The Morgan fingerprint density at radius 3 is 2.05 bits per heavy atom. The van der Waals surface area contributed by atoms with Gasteiger partial charge in [0.05, 0.1) is 38.1 Å². The number of amides is 9. The first-order valence-corrected chi connectivity index (χ1v) is 19.2. The lowest BCUT2D eigenvalue weighted by atomic mass is 10.1. The number of carbonyl (C=O) groups excluding carboxylic acids is 9. The van der Waals surface area contributed by atoms with Gasteiger partial charge in [0.15, 0.2) is 11.6 Å². The van der Waals surface area contributed by atoms with Crippen LogP contribution < -0.4 is 49.1 Å². The van der Waals surface area contributed by atoms with E-state index in [9.17, 15) is 66.9 Å². The van der Waals surface area contributed by atoms with Gasteiger partial charge in [-0.2, -0.15) is 0 Å². The van der Waals surface area contributed by atoms with Gasteiger partial charge in [-0.05, 0) is 17.7 Å². The highest BCUT2D eigenvalue weighted by molar-refractivity contribution is 8.76. The minimum atomic E-state index is -1.85. The summed E-state index contributed by atoms with van der Waals surface area (Å²) < 4.78 is 28.0. The van der Waals surface area contributed by atoms with Crippen molar-refractivity contribution >= 4 is 80.7 Å². The van der Waals surface area contributed by atoms with E-state index in [0.717, 1.165) is 32.6 Å². The number of carboxylic acids is 1. The highest BCUT2D eigenvalue weighted by atomic mass is 33.1. The van der Waals surface area contributed by atoms with Crippen molar-refractivity contribution in [2.24, 2.45) is 17.2 Å². The van der Waals surface area contributed by atoms with Gasteiger partial charge in [0, 0.05) is 24.5 Å². The second-order valence-corrected chi connectivity index (χ2v) is 15.1. The summed E-state index contributed by atoms with van der Waals surface area (Å²) >= 11 is 0. The first kappa shape index (κ1) is 45.8. The number of hydrogen-bond acceptors (Lipinski definition) is 14. The molecule has 57 heavy (non-hydrogen) atoms. The standard InChI is InChI=1S/C31H40F2N10O12S2/c32-14-2-1-12(3-15(14)33)25-31(55)38-8-23(47)43-9-13(44)4-20(43)30(54)40-17(5-21(35)45)29(53)41-19(26(36)50)11-57-56-10-16(34)27(51)39-18(6-24(48)49)28(52)37-7-22(46)42-25/h1-3,13,16-20,25,44H,4-11,34H2,(H2,35,45)(H2,36,50)(H,37,52)(H,38,55)(H,39,51)(H,40,54)(H,41,53)(H,42,46)(H,48,49)/t13-,16-,17+,18-,19-,20+,25+/m1/s1. The monoisotopic (exact) mass is 846 g/mol. The number of aliphatic carboxylic acids is 1. The van der Waals surface area contributed by atoms with E-state index in [-0.39, 0.29) is 23.5 Å². The van der Waals surface area contributed by atoms with Crippen molar-refractivity contribution in [2.45, 2.75) is 61.6 Å². The van der Waals surface area contributed by atoms with Gasteiger partial charge in [0.25, 0.3) is 0 Å². The topological polar surface area (TPSA) is 365 Å². The van der Waals surface area contributed by atoms with E-state index in [0.29, 0.717) is 12.1 Å². The van der Waals surface area contributed by atoms with Crippen LogP contribution in [0.1, 0.15) is 30.9 Å². The maximum absolute atomic E-state index is 14.2. The molecule has 2 fully saturated rings. The molecule has 0 saturated carbocycles. The zero-order chi connectivity index (χ0) is 42.6. The summed E-state index contributed by atoms with van der Waals surface area (Å²) in [5.74, 6) is -14.4. The van der Waals surface area contributed by atoms with Crippen LogP contribution in [0.3, 0.4) is 0 Å². The molecule has 0 bridgehead atoms. The lowest BCUT2D eigenvalue weighted by Crippen LogP contribution is -2.57. The summed E-state index contributed by atoms with van der Waals surface area (Å²) in [7, 11) is 1.81. The Hall–Kier alpha value is -5.60. The van der Waals surface area contributed by atoms with Crippen LogP contribution in [0.25, 0.3) is 0 Å².